The van der Waals surface area contributed by atoms with Crippen molar-refractivity contribution in [1.29, 1.82) is 0 Å². The molecule has 0 bridgehead atoms. The van der Waals surface area contributed by atoms with Gasteiger partial charge in [0.05, 0.1) is 11.8 Å². The van der Waals surface area contributed by atoms with E-state index >= 15 is 0 Å². The highest BCUT2D eigenvalue weighted by Crippen LogP contribution is 2.36. The van der Waals surface area contributed by atoms with Crippen LogP contribution in [0.1, 0.15) is 40.0 Å². The average molecular weight is 285 g/mol. The number of hydrogen-bond donors (Lipinski definition) is 3. The van der Waals surface area contributed by atoms with Gasteiger partial charge in [0, 0.05) is 0 Å². The van der Waals surface area contributed by atoms with Crippen LogP contribution in [0.2, 0.25) is 0 Å². The first-order valence-corrected chi connectivity index (χ1v) is 6.98. The molecule has 0 radical (unpaired) electrons. The number of aliphatic carboxylic acids is 2. The molecule has 1 aliphatic carbocycles. The van der Waals surface area contributed by atoms with E-state index in [0.717, 1.165) is 0 Å². The van der Waals surface area contributed by atoms with E-state index in [4.69, 9.17) is 10.2 Å². The molecule has 1 saturated carbocycles. The van der Waals surface area contributed by atoms with E-state index in [1.165, 1.54) is 0 Å². The van der Waals surface area contributed by atoms with Crippen LogP contribution in [0.4, 0.5) is 0 Å². The summed E-state index contributed by atoms with van der Waals surface area (Å²) in [6.07, 6.45) is 1.30. The van der Waals surface area contributed by atoms with Crippen LogP contribution >= 0.6 is 0 Å². The van der Waals surface area contributed by atoms with Crippen LogP contribution in [0.5, 0.6) is 0 Å². The Bertz CT molecular complexity index is 393. The van der Waals surface area contributed by atoms with Crippen LogP contribution in [0.15, 0.2) is 0 Å². The van der Waals surface area contributed by atoms with E-state index in [2.05, 4.69) is 5.32 Å². The van der Waals surface area contributed by atoms with Crippen molar-refractivity contribution in [3.05, 3.63) is 0 Å². The van der Waals surface area contributed by atoms with Crippen LogP contribution in [-0.2, 0) is 14.4 Å². The molecule has 0 saturated heterocycles. The molecule has 0 aromatic heterocycles. The molecular formula is C14H23NO5. The van der Waals surface area contributed by atoms with Gasteiger partial charge in [0.1, 0.15) is 6.04 Å². The zero-order chi connectivity index (χ0) is 15.4. The molecule has 1 aliphatic rings. The molecule has 4 atom stereocenters. The van der Waals surface area contributed by atoms with Crippen LogP contribution in [-0.4, -0.2) is 34.1 Å². The van der Waals surface area contributed by atoms with Gasteiger partial charge in [-0.05, 0) is 31.1 Å². The molecule has 0 heterocycles. The molecule has 0 aromatic rings. The molecule has 6 heteroatoms. The molecule has 0 spiro atoms. The lowest BCUT2D eigenvalue weighted by Crippen LogP contribution is -2.45. The number of carboxylic acids is 2. The first-order chi connectivity index (χ1) is 9.22. The first kappa shape index (κ1) is 16.5. The molecule has 114 valence electrons. The molecule has 1 fully saturated rings. The number of carbonyl (C=O) groups excluding carboxylic acids is 1. The van der Waals surface area contributed by atoms with Gasteiger partial charge in [-0.25, -0.2) is 4.79 Å². The SMILES string of the molecule is CC(C)CC(NC(=O)[C@H]1CC(C)C[C@H]1C(=O)O)C(=O)O. The van der Waals surface area contributed by atoms with E-state index in [-0.39, 0.29) is 11.8 Å². The molecule has 1 amide bonds. The fourth-order valence-electron chi connectivity index (χ4n) is 2.83. The minimum atomic E-state index is -1.08. The van der Waals surface area contributed by atoms with Crippen molar-refractivity contribution in [3.63, 3.8) is 0 Å². The van der Waals surface area contributed by atoms with Gasteiger partial charge in [-0.2, -0.15) is 0 Å². The summed E-state index contributed by atoms with van der Waals surface area (Å²) < 4.78 is 0. The minimum absolute atomic E-state index is 0.133. The van der Waals surface area contributed by atoms with Gasteiger partial charge in [-0.15, -0.1) is 0 Å². The quantitative estimate of drug-likeness (QED) is 0.683. The summed E-state index contributed by atoms with van der Waals surface area (Å²) >= 11 is 0. The van der Waals surface area contributed by atoms with Gasteiger partial charge in [-0.3, -0.25) is 9.59 Å². The Morgan fingerprint density at radius 1 is 1.15 bits per heavy atom. The Kier molecular flexibility index (Phi) is 5.53. The molecule has 20 heavy (non-hydrogen) atoms. The van der Waals surface area contributed by atoms with Crippen molar-refractivity contribution in [3.8, 4) is 0 Å². The second-order valence-electron chi connectivity index (χ2n) is 6.16. The third kappa shape index (κ3) is 4.21. The monoisotopic (exact) mass is 285 g/mol. The van der Waals surface area contributed by atoms with Gasteiger partial charge in [0.15, 0.2) is 0 Å². The van der Waals surface area contributed by atoms with Crippen LogP contribution < -0.4 is 5.32 Å². The standard InChI is InChI=1S/C14H23NO5/c1-7(2)4-11(14(19)20)15-12(16)9-5-8(3)6-10(9)13(17)18/h7-11H,4-6H2,1-3H3,(H,15,16)(H,17,18)(H,19,20)/t8?,9-,10+,11?/m0/s1. The van der Waals surface area contributed by atoms with Gasteiger partial charge < -0.3 is 15.5 Å². The molecule has 0 aliphatic heterocycles. The molecule has 6 nitrogen and oxygen atoms in total. The Morgan fingerprint density at radius 2 is 1.70 bits per heavy atom. The van der Waals surface area contributed by atoms with E-state index in [1.807, 2.05) is 20.8 Å². The minimum Gasteiger partial charge on any atom is -0.481 e. The predicted octanol–water partition coefficient (Wildman–Crippen LogP) is 1.35. The van der Waals surface area contributed by atoms with E-state index < -0.39 is 35.7 Å². The van der Waals surface area contributed by atoms with E-state index in [9.17, 15) is 14.4 Å². The summed E-state index contributed by atoms with van der Waals surface area (Å²) in [7, 11) is 0. The Morgan fingerprint density at radius 3 is 2.15 bits per heavy atom. The lowest BCUT2D eigenvalue weighted by Gasteiger charge is -2.21. The van der Waals surface area contributed by atoms with E-state index in [1.54, 1.807) is 0 Å². The smallest absolute Gasteiger partial charge is 0.326 e. The maximum absolute atomic E-state index is 12.2. The first-order valence-electron chi connectivity index (χ1n) is 6.98. The van der Waals surface area contributed by atoms with Gasteiger partial charge in [0.25, 0.3) is 0 Å². The maximum atomic E-state index is 12.2. The summed E-state index contributed by atoms with van der Waals surface area (Å²) in [6.45, 7) is 5.66. The van der Waals surface area contributed by atoms with Crippen LogP contribution in [0.3, 0.4) is 0 Å². The predicted molar refractivity (Wildman–Crippen MR) is 72.0 cm³/mol. The summed E-state index contributed by atoms with van der Waals surface area (Å²) in [6, 6.07) is -0.951. The highest BCUT2D eigenvalue weighted by atomic mass is 16.4. The molecule has 1 rings (SSSR count). The maximum Gasteiger partial charge on any atom is 0.326 e. The summed E-state index contributed by atoms with van der Waals surface area (Å²) in [5.41, 5.74) is 0. The molecular weight excluding hydrogens is 262 g/mol. The highest BCUT2D eigenvalue weighted by molar-refractivity contribution is 5.88. The Hall–Kier alpha value is -1.59. The average Bonchev–Trinajstić information content (AvgIpc) is 2.69. The molecule has 2 unspecified atom stereocenters. The third-order valence-corrected chi connectivity index (χ3v) is 3.77. The summed E-state index contributed by atoms with van der Waals surface area (Å²) in [5.74, 6) is -3.55. The largest absolute Gasteiger partial charge is 0.481 e. The van der Waals surface area contributed by atoms with Crippen molar-refractivity contribution in [2.24, 2.45) is 23.7 Å². The second-order valence-corrected chi connectivity index (χ2v) is 6.16. The molecule has 3 N–H and O–H groups in total. The number of rotatable bonds is 6. The number of hydrogen-bond acceptors (Lipinski definition) is 3. The highest BCUT2D eigenvalue weighted by Gasteiger charge is 2.42. The Balaban J connectivity index is 2.72. The summed E-state index contributed by atoms with van der Waals surface area (Å²) in [4.78, 5) is 34.5. The normalized spacial score (nSPS) is 27.3. The topological polar surface area (TPSA) is 104 Å². The number of amides is 1. The van der Waals surface area contributed by atoms with Crippen molar-refractivity contribution in [2.75, 3.05) is 0 Å². The number of carboxylic acid groups (broad SMARTS) is 2. The van der Waals surface area contributed by atoms with Gasteiger partial charge in [-0.1, -0.05) is 20.8 Å². The second kappa shape index (κ2) is 6.72. The van der Waals surface area contributed by atoms with Gasteiger partial charge in [0.2, 0.25) is 5.91 Å². The lowest BCUT2D eigenvalue weighted by atomic mass is 9.94. The Labute approximate surface area is 118 Å². The van der Waals surface area contributed by atoms with Gasteiger partial charge >= 0.3 is 11.9 Å². The fourth-order valence-corrected chi connectivity index (χ4v) is 2.83. The van der Waals surface area contributed by atoms with E-state index in [0.29, 0.717) is 19.3 Å². The van der Waals surface area contributed by atoms with Crippen molar-refractivity contribution >= 4 is 17.8 Å². The lowest BCUT2D eigenvalue weighted by molar-refractivity contribution is -0.147. The van der Waals surface area contributed by atoms with Crippen molar-refractivity contribution in [1.82, 2.24) is 5.32 Å². The number of carbonyl (C=O) groups is 3. The van der Waals surface area contributed by atoms with Crippen LogP contribution in [0, 0.1) is 23.7 Å². The number of nitrogens with one attached hydrogen (secondary N) is 1. The molecule has 0 aromatic carbocycles. The third-order valence-electron chi connectivity index (χ3n) is 3.77. The van der Waals surface area contributed by atoms with Crippen LogP contribution in [0.25, 0.3) is 0 Å². The zero-order valence-corrected chi connectivity index (χ0v) is 12.1. The fraction of sp³-hybridized carbons (Fsp3) is 0.786. The summed E-state index contributed by atoms with van der Waals surface area (Å²) in [5, 5.41) is 20.7. The van der Waals surface area contributed by atoms with Crippen molar-refractivity contribution < 1.29 is 24.6 Å². The van der Waals surface area contributed by atoms with Crippen molar-refractivity contribution in [2.45, 2.75) is 46.1 Å². The zero-order valence-electron chi connectivity index (χ0n) is 12.1.